The van der Waals surface area contributed by atoms with Crippen LogP contribution in [0, 0.1) is 12.8 Å². The van der Waals surface area contributed by atoms with Crippen LogP contribution >= 0.6 is 0 Å². The van der Waals surface area contributed by atoms with E-state index in [4.69, 9.17) is 0 Å². The summed E-state index contributed by atoms with van der Waals surface area (Å²) in [6, 6.07) is 12.2. The van der Waals surface area contributed by atoms with E-state index >= 15 is 0 Å². The summed E-state index contributed by atoms with van der Waals surface area (Å²) in [5.74, 6) is -0.767. The highest BCUT2D eigenvalue weighted by atomic mass is 16.4. The van der Waals surface area contributed by atoms with E-state index in [2.05, 4.69) is 29.2 Å². The van der Waals surface area contributed by atoms with E-state index in [9.17, 15) is 14.7 Å². The zero-order chi connectivity index (χ0) is 18.5. The Kier molecular flexibility index (Phi) is 5.89. The summed E-state index contributed by atoms with van der Waals surface area (Å²) < 4.78 is 1.57. The van der Waals surface area contributed by atoms with Gasteiger partial charge < -0.3 is 14.6 Å². The number of pyridine rings is 1. The van der Waals surface area contributed by atoms with Gasteiger partial charge in [-0.25, -0.2) is 4.79 Å². The Labute approximate surface area is 153 Å². The van der Waals surface area contributed by atoms with Crippen LogP contribution in [0.5, 0.6) is 0 Å². The van der Waals surface area contributed by atoms with Crippen molar-refractivity contribution in [3.63, 3.8) is 0 Å². The van der Waals surface area contributed by atoms with Crippen LogP contribution in [-0.4, -0.2) is 40.2 Å². The first kappa shape index (κ1) is 18.4. The van der Waals surface area contributed by atoms with Crippen LogP contribution in [0.25, 0.3) is 0 Å². The van der Waals surface area contributed by atoms with Crippen LogP contribution < -0.4 is 5.56 Å². The third-order valence-electron chi connectivity index (χ3n) is 5.20. The third-order valence-corrected chi connectivity index (χ3v) is 5.20. The van der Waals surface area contributed by atoms with Crippen LogP contribution in [0.3, 0.4) is 0 Å². The second-order valence-electron chi connectivity index (χ2n) is 7.18. The third kappa shape index (κ3) is 4.41. The van der Waals surface area contributed by atoms with Gasteiger partial charge in [0, 0.05) is 25.8 Å². The molecule has 2 aromatic rings. The van der Waals surface area contributed by atoms with Gasteiger partial charge in [-0.3, -0.25) is 4.79 Å². The highest BCUT2D eigenvalue weighted by Gasteiger charge is 2.22. The molecule has 26 heavy (non-hydrogen) atoms. The van der Waals surface area contributed by atoms with Crippen molar-refractivity contribution >= 4 is 5.97 Å². The molecule has 1 aliphatic heterocycles. The van der Waals surface area contributed by atoms with Gasteiger partial charge in [0.1, 0.15) is 5.56 Å². The van der Waals surface area contributed by atoms with Gasteiger partial charge in [-0.1, -0.05) is 30.3 Å². The number of aromatic nitrogens is 1. The molecule has 1 N–H and O–H groups in total. The van der Waals surface area contributed by atoms with Gasteiger partial charge in [0.05, 0.1) is 0 Å². The number of likely N-dealkylation sites (tertiary alicyclic amines) is 1. The zero-order valence-electron chi connectivity index (χ0n) is 15.2. The van der Waals surface area contributed by atoms with Crippen LogP contribution in [0.1, 0.15) is 34.3 Å². The molecule has 0 aliphatic carbocycles. The van der Waals surface area contributed by atoms with Crippen LogP contribution in [0.15, 0.2) is 47.4 Å². The fourth-order valence-corrected chi connectivity index (χ4v) is 3.78. The van der Waals surface area contributed by atoms with Gasteiger partial charge in [-0.05, 0) is 55.8 Å². The molecule has 5 nitrogen and oxygen atoms in total. The minimum atomic E-state index is -1.14. The normalized spacial score (nSPS) is 18.0. The molecule has 1 aromatic carbocycles. The Morgan fingerprint density at radius 2 is 2.00 bits per heavy atom. The summed E-state index contributed by atoms with van der Waals surface area (Å²) in [5.41, 5.74) is 1.37. The summed E-state index contributed by atoms with van der Waals surface area (Å²) in [6.07, 6.45) is 4.95. The molecule has 138 valence electrons. The summed E-state index contributed by atoms with van der Waals surface area (Å²) in [5, 5.41) is 9.28. The smallest absolute Gasteiger partial charge is 0.341 e. The number of carbonyl (C=O) groups is 1. The van der Waals surface area contributed by atoms with E-state index in [-0.39, 0.29) is 11.1 Å². The van der Waals surface area contributed by atoms with E-state index in [1.807, 2.05) is 6.07 Å². The lowest BCUT2D eigenvalue weighted by Crippen LogP contribution is -2.40. The molecule has 5 heteroatoms. The lowest BCUT2D eigenvalue weighted by Gasteiger charge is -2.33. The van der Waals surface area contributed by atoms with Gasteiger partial charge in [0.2, 0.25) is 0 Å². The highest BCUT2D eigenvalue weighted by molar-refractivity contribution is 5.88. The number of aromatic carboxylic acids is 1. The molecule has 1 saturated heterocycles. The first-order valence-electron chi connectivity index (χ1n) is 9.24. The van der Waals surface area contributed by atoms with Crippen LogP contribution in [0.4, 0.5) is 0 Å². The number of carboxylic acid groups (broad SMARTS) is 1. The molecule has 0 spiro atoms. The largest absolute Gasteiger partial charge is 0.477 e. The molecule has 1 aliphatic rings. The summed E-state index contributed by atoms with van der Waals surface area (Å²) >= 11 is 0. The SMILES string of the molecule is Cc1ccn(CC2CCCN(CCc3ccccc3)C2)c(=O)c1C(=O)O. The van der Waals surface area contributed by atoms with Crippen molar-refractivity contribution in [2.75, 3.05) is 19.6 Å². The fourth-order valence-electron chi connectivity index (χ4n) is 3.78. The molecular formula is C21H26N2O3. The minimum Gasteiger partial charge on any atom is -0.477 e. The maximum atomic E-state index is 12.5. The lowest BCUT2D eigenvalue weighted by atomic mass is 9.97. The molecule has 0 saturated carbocycles. The molecule has 1 aromatic heterocycles. The van der Waals surface area contributed by atoms with Crippen molar-refractivity contribution in [3.05, 3.63) is 69.6 Å². The van der Waals surface area contributed by atoms with Crippen LogP contribution in [-0.2, 0) is 13.0 Å². The van der Waals surface area contributed by atoms with Gasteiger partial charge in [0.15, 0.2) is 0 Å². The Morgan fingerprint density at radius 3 is 2.73 bits per heavy atom. The van der Waals surface area contributed by atoms with Gasteiger partial charge >= 0.3 is 5.97 Å². The predicted molar refractivity (Wildman–Crippen MR) is 102 cm³/mol. The topological polar surface area (TPSA) is 62.5 Å². The average molecular weight is 354 g/mol. The second kappa shape index (κ2) is 8.32. The molecule has 0 bridgehead atoms. The molecular weight excluding hydrogens is 328 g/mol. The summed E-state index contributed by atoms with van der Waals surface area (Å²) in [7, 11) is 0. The number of nitrogens with zero attached hydrogens (tertiary/aromatic N) is 2. The second-order valence-corrected chi connectivity index (χ2v) is 7.18. The van der Waals surface area contributed by atoms with Crippen molar-refractivity contribution in [2.24, 2.45) is 5.92 Å². The predicted octanol–water partition coefficient (Wildman–Crippen LogP) is 2.81. The first-order valence-corrected chi connectivity index (χ1v) is 9.24. The van der Waals surface area contributed by atoms with Gasteiger partial charge in [-0.15, -0.1) is 0 Å². The van der Waals surface area contributed by atoms with E-state index in [1.54, 1.807) is 23.8 Å². The monoisotopic (exact) mass is 354 g/mol. The number of aryl methyl sites for hydroxylation is 1. The van der Waals surface area contributed by atoms with Crippen molar-refractivity contribution in [1.29, 1.82) is 0 Å². The molecule has 0 radical (unpaired) electrons. The quantitative estimate of drug-likeness (QED) is 0.866. The first-order chi connectivity index (χ1) is 12.5. The summed E-state index contributed by atoms with van der Waals surface area (Å²) in [6.45, 7) is 5.31. The standard InChI is InChI=1S/C21H26N2O3/c1-16-9-13-23(20(24)19(16)21(25)26)15-18-8-5-11-22(14-18)12-10-17-6-3-2-4-7-17/h2-4,6-7,9,13,18H,5,8,10-12,14-15H2,1H3,(H,25,26). The zero-order valence-corrected chi connectivity index (χ0v) is 15.2. The van der Waals surface area contributed by atoms with E-state index in [0.717, 1.165) is 38.9 Å². The number of hydrogen-bond acceptors (Lipinski definition) is 3. The van der Waals surface area contributed by atoms with E-state index < -0.39 is 5.97 Å². The number of rotatable bonds is 6. The lowest BCUT2D eigenvalue weighted by molar-refractivity contribution is 0.0693. The molecule has 1 atom stereocenters. The van der Waals surface area contributed by atoms with Crippen LogP contribution in [0.2, 0.25) is 0 Å². The van der Waals surface area contributed by atoms with Crippen molar-refractivity contribution in [1.82, 2.24) is 9.47 Å². The highest BCUT2D eigenvalue weighted by Crippen LogP contribution is 2.18. The maximum absolute atomic E-state index is 12.5. The molecule has 3 rings (SSSR count). The molecule has 2 heterocycles. The minimum absolute atomic E-state index is 0.107. The Bertz CT molecular complexity index is 814. The van der Waals surface area contributed by atoms with E-state index in [1.165, 1.54) is 5.56 Å². The van der Waals surface area contributed by atoms with E-state index in [0.29, 0.717) is 18.0 Å². The molecule has 1 unspecified atom stereocenters. The Hall–Kier alpha value is -2.40. The van der Waals surface area contributed by atoms with Crippen molar-refractivity contribution in [2.45, 2.75) is 32.7 Å². The Morgan fingerprint density at radius 1 is 1.23 bits per heavy atom. The average Bonchev–Trinajstić information content (AvgIpc) is 2.63. The molecule has 0 amide bonds. The Balaban J connectivity index is 1.63. The fraction of sp³-hybridized carbons (Fsp3) is 0.429. The number of piperidine rings is 1. The molecule has 1 fully saturated rings. The van der Waals surface area contributed by atoms with Crippen molar-refractivity contribution in [3.8, 4) is 0 Å². The maximum Gasteiger partial charge on any atom is 0.341 e. The number of carboxylic acids is 1. The van der Waals surface area contributed by atoms with Gasteiger partial charge in [0.25, 0.3) is 5.56 Å². The number of benzene rings is 1. The van der Waals surface area contributed by atoms with Crippen molar-refractivity contribution < 1.29 is 9.90 Å². The summed E-state index contributed by atoms with van der Waals surface area (Å²) in [4.78, 5) is 26.3. The van der Waals surface area contributed by atoms with Gasteiger partial charge in [-0.2, -0.15) is 0 Å². The number of hydrogen-bond donors (Lipinski definition) is 1.